The minimum Gasteiger partial charge on any atom is -0.484 e. The van der Waals surface area contributed by atoms with Crippen LogP contribution in [0.5, 0.6) is 5.75 Å². The van der Waals surface area contributed by atoms with E-state index < -0.39 is 0 Å². The Balaban J connectivity index is 2.05. The highest BCUT2D eigenvalue weighted by atomic mass is 79.9. The summed E-state index contributed by atoms with van der Waals surface area (Å²) in [6.07, 6.45) is 7.56. The standard InChI is InChI=1S/C12H14BrNO/c1-9-6-7-10(8-14-9)15-12-5-3-2-4-11(12)13/h4,6-8,12H,2-3,5H2,1H3. The number of hydrogen-bond donors (Lipinski definition) is 0. The van der Waals surface area contributed by atoms with E-state index in [-0.39, 0.29) is 6.10 Å². The zero-order valence-electron chi connectivity index (χ0n) is 8.74. The molecule has 80 valence electrons. The van der Waals surface area contributed by atoms with Crippen LogP contribution < -0.4 is 4.74 Å². The van der Waals surface area contributed by atoms with Gasteiger partial charge < -0.3 is 4.74 Å². The van der Waals surface area contributed by atoms with Crippen LogP contribution in [-0.4, -0.2) is 11.1 Å². The number of hydrogen-bond acceptors (Lipinski definition) is 2. The Kier molecular flexibility index (Phi) is 3.41. The average Bonchev–Trinajstić information content (AvgIpc) is 2.25. The van der Waals surface area contributed by atoms with Gasteiger partial charge in [-0.05, 0) is 38.3 Å². The molecule has 0 spiro atoms. The molecule has 1 aromatic heterocycles. The lowest BCUT2D eigenvalue weighted by Gasteiger charge is -2.21. The van der Waals surface area contributed by atoms with Gasteiger partial charge in [-0.15, -0.1) is 0 Å². The lowest BCUT2D eigenvalue weighted by molar-refractivity contribution is 0.226. The number of aromatic nitrogens is 1. The van der Waals surface area contributed by atoms with E-state index in [4.69, 9.17) is 4.74 Å². The van der Waals surface area contributed by atoms with Crippen LogP contribution in [0, 0.1) is 6.92 Å². The van der Waals surface area contributed by atoms with Gasteiger partial charge in [-0.25, -0.2) is 0 Å². The van der Waals surface area contributed by atoms with Crippen molar-refractivity contribution in [2.75, 3.05) is 0 Å². The number of ether oxygens (including phenoxy) is 1. The Morgan fingerprint density at radius 3 is 3.00 bits per heavy atom. The Hall–Kier alpha value is -0.830. The molecule has 3 heteroatoms. The summed E-state index contributed by atoms with van der Waals surface area (Å²) in [4.78, 5) is 4.21. The summed E-state index contributed by atoms with van der Waals surface area (Å²) < 4.78 is 7.01. The first kappa shape index (κ1) is 10.7. The molecule has 1 aliphatic carbocycles. The largest absolute Gasteiger partial charge is 0.484 e. The maximum absolute atomic E-state index is 5.84. The molecule has 1 unspecified atom stereocenters. The SMILES string of the molecule is Cc1ccc(OC2CCCC=C2Br)cn1. The van der Waals surface area contributed by atoms with Gasteiger partial charge >= 0.3 is 0 Å². The predicted octanol–water partition coefficient (Wildman–Crippen LogP) is 3.60. The molecular formula is C12H14BrNO. The van der Waals surface area contributed by atoms with Crippen molar-refractivity contribution in [3.05, 3.63) is 34.6 Å². The third kappa shape index (κ3) is 2.81. The van der Waals surface area contributed by atoms with Gasteiger partial charge in [-0.2, -0.15) is 0 Å². The van der Waals surface area contributed by atoms with Gasteiger partial charge in [-0.1, -0.05) is 22.0 Å². The summed E-state index contributed by atoms with van der Waals surface area (Å²) in [6, 6.07) is 3.94. The average molecular weight is 268 g/mol. The van der Waals surface area contributed by atoms with Crippen molar-refractivity contribution in [2.24, 2.45) is 0 Å². The van der Waals surface area contributed by atoms with Gasteiger partial charge in [-0.3, -0.25) is 4.98 Å². The van der Waals surface area contributed by atoms with Gasteiger partial charge in [0.2, 0.25) is 0 Å². The molecule has 0 fully saturated rings. The molecule has 0 radical (unpaired) electrons. The maximum atomic E-state index is 5.84. The van der Waals surface area contributed by atoms with E-state index in [1.165, 1.54) is 6.42 Å². The third-order valence-electron chi connectivity index (χ3n) is 2.48. The molecule has 0 N–H and O–H groups in total. The van der Waals surface area contributed by atoms with Crippen LogP contribution in [0.15, 0.2) is 28.9 Å². The zero-order valence-corrected chi connectivity index (χ0v) is 10.3. The fourth-order valence-electron chi connectivity index (χ4n) is 1.62. The van der Waals surface area contributed by atoms with Crippen molar-refractivity contribution >= 4 is 15.9 Å². The van der Waals surface area contributed by atoms with E-state index in [9.17, 15) is 0 Å². The van der Waals surface area contributed by atoms with Crippen LogP contribution in [0.1, 0.15) is 25.0 Å². The zero-order chi connectivity index (χ0) is 10.7. The number of aryl methyl sites for hydroxylation is 1. The first-order valence-corrected chi connectivity index (χ1v) is 6.00. The van der Waals surface area contributed by atoms with Gasteiger partial charge in [0, 0.05) is 10.2 Å². The molecule has 0 aliphatic heterocycles. The quantitative estimate of drug-likeness (QED) is 0.817. The first-order valence-electron chi connectivity index (χ1n) is 5.20. The molecule has 0 saturated carbocycles. The summed E-state index contributed by atoms with van der Waals surface area (Å²) >= 11 is 3.54. The second-order valence-electron chi connectivity index (χ2n) is 3.76. The molecule has 2 rings (SSSR count). The fraction of sp³-hybridized carbons (Fsp3) is 0.417. The highest BCUT2D eigenvalue weighted by Gasteiger charge is 2.17. The molecule has 1 aliphatic rings. The minimum atomic E-state index is 0.170. The summed E-state index contributed by atoms with van der Waals surface area (Å²) in [5.41, 5.74) is 1.01. The lowest BCUT2D eigenvalue weighted by atomic mass is 10.1. The third-order valence-corrected chi connectivity index (χ3v) is 3.31. The topological polar surface area (TPSA) is 22.1 Å². The van der Waals surface area contributed by atoms with Crippen LogP contribution in [0.4, 0.5) is 0 Å². The van der Waals surface area contributed by atoms with Crippen molar-refractivity contribution in [1.82, 2.24) is 4.98 Å². The molecule has 1 atom stereocenters. The van der Waals surface area contributed by atoms with Crippen molar-refractivity contribution in [3.8, 4) is 5.75 Å². The number of halogens is 1. The predicted molar refractivity (Wildman–Crippen MR) is 64.3 cm³/mol. The van der Waals surface area contributed by atoms with E-state index >= 15 is 0 Å². The number of allylic oxidation sites excluding steroid dienone is 1. The van der Waals surface area contributed by atoms with E-state index in [0.29, 0.717) is 0 Å². The molecule has 0 bridgehead atoms. The molecular weight excluding hydrogens is 254 g/mol. The second kappa shape index (κ2) is 4.79. The highest BCUT2D eigenvalue weighted by Crippen LogP contribution is 2.27. The van der Waals surface area contributed by atoms with Crippen LogP contribution in [0.3, 0.4) is 0 Å². The van der Waals surface area contributed by atoms with Gasteiger partial charge in [0.15, 0.2) is 0 Å². The van der Waals surface area contributed by atoms with Crippen molar-refractivity contribution in [2.45, 2.75) is 32.3 Å². The van der Waals surface area contributed by atoms with Gasteiger partial charge in [0.05, 0.1) is 6.20 Å². The molecule has 0 aromatic carbocycles. The van der Waals surface area contributed by atoms with Crippen molar-refractivity contribution in [1.29, 1.82) is 0 Å². The molecule has 0 amide bonds. The fourth-order valence-corrected chi connectivity index (χ4v) is 2.17. The highest BCUT2D eigenvalue weighted by molar-refractivity contribution is 9.11. The molecule has 2 nitrogen and oxygen atoms in total. The van der Waals surface area contributed by atoms with Crippen LogP contribution >= 0.6 is 15.9 Å². The van der Waals surface area contributed by atoms with Crippen LogP contribution in [-0.2, 0) is 0 Å². The minimum absolute atomic E-state index is 0.170. The number of nitrogens with zero attached hydrogens (tertiary/aromatic N) is 1. The Labute approximate surface area is 98.5 Å². The lowest BCUT2D eigenvalue weighted by Crippen LogP contribution is -2.19. The van der Waals surface area contributed by atoms with Crippen molar-refractivity contribution < 1.29 is 4.74 Å². The van der Waals surface area contributed by atoms with E-state index in [1.807, 2.05) is 19.1 Å². The molecule has 15 heavy (non-hydrogen) atoms. The smallest absolute Gasteiger partial charge is 0.138 e. The van der Waals surface area contributed by atoms with Gasteiger partial charge in [0.25, 0.3) is 0 Å². The summed E-state index contributed by atoms with van der Waals surface area (Å²) in [5.74, 6) is 0.845. The van der Waals surface area contributed by atoms with Crippen LogP contribution in [0.2, 0.25) is 0 Å². The monoisotopic (exact) mass is 267 g/mol. The van der Waals surface area contributed by atoms with E-state index in [1.54, 1.807) is 6.20 Å². The summed E-state index contributed by atoms with van der Waals surface area (Å²) in [6.45, 7) is 1.97. The van der Waals surface area contributed by atoms with E-state index in [0.717, 1.165) is 28.8 Å². The Bertz CT molecular complexity index is 358. The van der Waals surface area contributed by atoms with E-state index in [2.05, 4.69) is 27.0 Å². The van der Waals surface area contributed by atoms with Gasteiger partial charge in [0.1, 0.15) is 11.9 Å². The molecule has 1 heterocycles. The Morgan fingerprint density at radius 1 is 1.47 bits per heavy atom. The molecule has 0 saturated heterocycles. The van der Waals surface area contributed by atoms with Crippen LogP contribution in [0.25, 0.3) is 0 Å². The maximum Gasteiger partial charge on any atom is 0.138 e. The number of pyridine rings is 1. The number of rotatable bonds is 2. The second-order valence-corrected chi connectivity index (χ2v) is 4.68. The summed E-state index contributed by atoms with van der Waals surface area (Å²) in [7, 11) is 0. The Morgan fingerprint density at radius 2 is 2.33 bits per heavy atom. The molecule has 1 aromatic rings. The normalized spacial score (nSPS) is 20.9. The van der Waals surface area contributed by atoms with Crippen molar-refractivity contribution in [3.63, 3.8) is 0 Å². The summed E-state index contributed by atoms with van der Waals surface area (Å²) in [5, 5.41) is 0. The first-order chi connectivity index (χ1) is 7.25.